The molecule has 0 aliphatic heterocycles. The third kappa shape index (κ3) is 1.77. The fourth-order valence-corrected chi connectivity index (χ4v) is 3.24. The molecule has 3 aromatic rings. The molecule has 4 rings (SSSR count). The predicted octanol–water partition coefficient (Wildman–Crippen LogP) is 3.21. The second kappa shape index (κ2) is 3.99. The van der Waals surface area contributed by atoms with Crippen molar-refractivity contribution in [1.29, 1.82) is 0 Å². The van der Waals surface area contributed by atoms with Gasteiger partial charge in [0.1, 0.15) is 11.5 Å². The third-order valence-corrected chi connectivity index (χ3v) is 4.39. The molecule has 0 unspecified atom stereocenters. The summed E-state index contributed by atoms with van der Waals surface area (Å²) in [6.07, 6.45) is 4.26. The van der Waals surface area contributed by atoms with Gasteiger partial charge in [0.2, 0.25) is 0 Å². The maximum atomic E-state index is 6.06. The minimum absolute atomic E-state index is 0.558. The Morgan fingerprint density at radius 3 is 2.84 bits per heavy atom. The van der Waals surface area contributed by atoms with Crippen molar-refractivity contribution in [2.45, 2.75) is 18.8 Å². The highest BCUT2D eigenvalue weighted by molar-refractivity contribution is 7.18. The zero-order chi connectivity index (χ0) is 12.8. The van der Waals surface area contributed by atoms with Crippen molar-refractivity contribution in [2.24, 2.45) is 0 Å². The number of anilines is 1. The lowest BCUT2D eigenvalue weighted by Crippen LogP contribution is -1.98. The van der Waals surface area contributed by atoms with E-state index in [9.17, 15) is 0 Å². The Bertz CT molecular complexity index is 747. The van der Waals surface area contributed by atoms with E-state index in [1.165, 1.54) is 18.4 Å². The van der Waals surface area contributed by atoms with Gasteiger partial charge in [-0.1, -0.05) is 6.07 Å². The van der Waals surface area contributed by atoms with Gasteiger partial charge in [-0.2, -0.15) is 0 Å². The molecular formula is C14H12N4S. The molecule has 0 spiro atoms. The molecule has 5 heteroatoms. The van der Waals surface area contributed by atoms with Crippen molar-refractivity contribution >= 4 is 27.4 Å². The van der Waals surface area contributed by atoms with Gasteiger partial charge in [-0.15, -0.1) is 11.3 Å². The molecule has 1 aliphatic rings. The van der Waals surface area contributed by atoms with Crippen molar-refractivity contribution in [1.82, 2.24) is 15.0 Å². The van der Waals surface area contributed by atoms with Crippen LogP contribution in [0.2, 0.25) is 0 Å². The number of hydrogen-bond acceptors (Lipinski definition) is 5. The van der Waals surface area contributed by atoms with Crippen molar-refractivity contribution in [3.8, 4) is 11.5 Å². The molecule has 3 heterocycles. The molecule has 4 nitrogen and oxygen atoms in total. The SMILES string of the molecule is Nc1nc(-c2ccccn2)nc2c(C3CC3)csc12. The summed E-state index contributed by atoms with van der Waals surface area (Å²) in [5, 5.41) is 2.18. The number of nitrogens with zero attached hydrogens (tertiary/aromatic N) is 3. The van der Waals surface area contributed by atoms with E-state index in [1.54, 1.807) is 17.5 Å². The molecule has 0 aromatic carbocycles. The average molecular weight is 268 g/mol. The molecule has 0 atom stereocenters. The van der Waals surface area contributed by atoms with Crippen LogP contribution in [0.4, 0.5) is 5.82 Å². The number of nitrogens with two attached hydrogens (primary N) is 1. The van der Waals surface area contributed by atoms with E-state index in [0.29, 0.717) is 17.6 Å². The van der Waals surface area contributed by atoms with Crippen molar-refractivity contribution in [3.63, 3.8) is 0 Å². The van der Waals surface area contributed by atoms with E-state index >= 15 is 0 Å². The Morgan fingerprint density at radius 1 is 1.21 bits per heavy atom. The zero-order valence-electron chi connectivity index (χ0n) is 10.2. The topological polar surface area (TPSA) is 64.7 Å². The van der Waals surface area contributed by atoms with Crippen LogP contribution in [-0.2, 0) is 0 Å². The molecule has 1 saturated carbocycles. The van der Waals surface area contributed by atoms with Gasteiger partial charge in [-0.3, -0.25) is 4.98 Å². The van der Waals surface area contributed by atoms with Gasteiger partial charge < -0.3 is 5.73 Å². The van der Waals surface area contributed by atoms with Gasteiger partial charge in [0, 0.05) is 6.20 Å². The highest BCUT2D eigenvalue weighted by Crippen LogP contribution is 2.45. The van der Waals surface area contributed by atoms with E-state index < -0.39 is 0 Å². The summed E-state index contributed by atoms with van der Waals surface area (Å²) in [5.41, 5.74) is 9.17. The Labute approximate surface area is 114 Å². The fraction of sp³-hybridized carbons (Fsp3) is 0.214. The highest BCUT2D eigenvalue weighted by Gasteiger charge is 2.28. The second-order valence-electron chi connectivity index (χ2n) is 4.79. The maximum absolute atomic E-state index is 6.06. The second-order valence-corrected chi connectivity index (χ2v) is 5.67. The molecule has 3 aromatic heterocycles. The van der Waals surface area contributed by atoms with Gasteiger partial charge in [0.15, 0.2) is 5.82 Å². The molecule has 1 fully saturated rings. The number of aromatic nitrogens is 3. The smallest absolute Gasteiger partial charge is 0.180 e. The number of fused-ring (bicyclic) bond motifs is 1. The quantitative estimate of drug-likeness (QED) is 0.775. The first-order valence-corrected chi connectivity index (χ1v) is 7.17. The lowest BCUT2D eigenvalue weighted by atomic mass is 10.2. The molecule has 0 radical (unpaired) electrons. The van der Waals surface area contributed by atoms with Gasteiger partial charge in [-0.05, 0) is 41.8 Å². The van der Waals surface area contributed by atoms with Crippen LogP contribution in [0.3, 0.4) is 0 Å². The van der Waals surface area contributed by atoms with Crippen LogP contribution >= 0.6 is 11.3 Å². The summed E-state index contributed by atoms with van der Waals surface area (Å²) in [7, 11) is 0. The highest BCUT2D eigenvalue weighted by atomic mass is 32.1. The zero-order valence-corrected chi connectivity index (χ0v) is 11.0. The molecule has 0 amide bonds. The number of hydrogen-bond donors (Lipinski definition) is 1. The molecule has 0 saturated heterocycles. The number of pyridine rings is 1. The van der Waals surface area contributed by atoms with E-state index in [2.05, 4.69) is 20.3 Å². The molecular weight excluding hydrogens is 256 g/mol. The van der Waals surface area contributed by atoms with E-state index in [0.717, 1.165) is 15.9 Å². The average Bonchev–Trinajstić information content (AvgIpc) is 3.19. The summed E-state index contributed by atoms with van der Waals surface area (Å²) in [6.45, 7) is 0. The van der Waals surface area contributed by atoms with Crippen LogP contribution in [-0.4, -0.2) is 15.0 Å². The molecule has 94 valence electrons. The Hall–Kier alpha value is -2.01. The van der Waals surface area contributed by atoms with Gasteiger partial charge in [0.25, 0.3) is 0 Å². The van der Waals surface area contributed by atoms with Crippen LogP contribution in [0, 0.1) is 0 Å². The first kappa shape index (κ1) is 10.9. The first-order valence-electron chi connectivity index (χ1n) is 6.29. The van der Waals surface area contributed by atoms with Crippen LogP contribution in [0.15, 0.2) is 29.8 Å². The summed E-state index contributed by atoms with van der Waals surface area (Å²) in [6, 6.07) is 5.72. The lowest BCUT2D eigenvalue weighted by Gasteiger charge is -2.03. The summed E-state index contributed by atoms with van der Waals surface area (Å²) < 4.78 is 1.00. The maximum Gasteiger partial charge on any atom is 0.180 e. The standard InChI is InChI=1S/C14H12N4S/c15-13-12-11(9(7-19-12)8-4-5-8)17-14(18-13)10-3-1-2-6-16-10/h1-3,6-8H,4-5H2,(H2,15,17,18). The van der Waals surface area contributed by atoms with Crippen molar-refractivity contribution < 1.29 is 0 Å². The largest absolute Gasteiger partial charge is 0.382 e. The molecule has 19 heavy (non-hydrogen) atoms. The Balaban J connectivity index is 1.95. The van der Waals surface area contributed by atoms with Gasteiger partial charge in [0.05, 0.1) is 10.2 Å². The number of nitrogen functional groups attached to an aromatic ring is 1. The molecule has 1 aliphatic carbocycles. The number of thiophene rings is 1. The van der Waals surface area contributed by atoms with Crippen LogP contribution in [0.25, 0.3) is 21.7 Å². The fourth-order valence-electron chi connectivity index (χ4n) is 2.25. The first-order chi connectivity index (χ1) is 9.33. The van der Waals surface area contributed by atoms with Crippen LogP contribution in [0.5, 0.6) is 0 Å². The predicted molar refractivity (Wildman–Crippen MR) is 77.0 cm³/mol. The molecule has 2 N–H and O–H groups in total. The number of rotatable bonds is 2. The summed E-state index contributed by atoms with van der Waals surface area (Å²) >= 11 is 1.64. The third-order valence-electron chi connectivity index (χ3n) is 3.38. The summed E-state index contributed by atoms with van der Waals surface area (Å²) in [5.74, 6) is 1.84. The lowest BCUT2D eigenvalue weighted by molar-refractivity contribution is 1.13. The van der Waals surface area contributed by atoms with E-state index in [-0.39, 0.29) is 0 Å². The van der Waals surface area contributed by atoms with E-state index in [4.69, 9.17) is 5.73 Å². The van der Waals surface area contributed by atoms with Crippen LogP contribution < -0.4 is 5.73 Å². The van der Waals surface area contributed by atoms with Crippen molar-refractivity contribution in [3.05, 3.63) is 35.3 Å². The normalized spacial score (nSPS) is 14.9. The van der Waals surface area contributed by atoms with Gasteiger partial charge in [-0.25, -0.2) is 9.97 Å². The van der Waals surface area contributed by atoms with Crippen LogP contribution in [0.1, 0.15) is 24.3 Å². The Kier molecular flexibility index (Phi) is 2.29. The van der Waals surface area contributed by atoms with Crippen molar-refractivity contribution in [2.75, 3.05) is 5.73 Å². The monoisotopic (exact) mass is 268 g/mol. The van der Waals surface area contributed by atoms with E-state index in [1.807, 2.05) is 18.2 Å². The Morgan fingerprint density at radius 2 is 2.11 bits per heavy atom. The van der Waals surface area contributed by atoms with Gasteiger partial charge >= 0.3 is 0 Å². The minimum atomic E-state index is 0.558. The minimum Gasteiger partial charge on any atom is -0.382 e. The summed E-state index contributed by atoms with van der Waals surface area (Å²) in [4.78, 5) is 13.4. The molecule has 0 bridgehead atoms.